The van der Waals surface area contributed by atoms with E-state index in [4.69, 9.17) is 16.6 Å². The van der Waals surface area contributed by atoms with Gasteiger partial charge in [0.2, 0.25) is 0 Å². The van der Waals surface area contributed by atoms with E-state index in [1.807, 2.05) is 0 Å². The lowest BCUT2D eigenvalue weighted by molar-refractivity contribution is -0.128. The van der Waals surface area contributed by atoms with E-state index in [0.29, 0.717) is 11.5 Å². The molecule has 5 nitrogen and oxygen atoms in total. The van der Waals surface area contributed by atoms with Crippen molar-refractivity contribution in [3.8, 4) is 0 Å². The second-order valence-electron chi connectivity index (χ2n) is 3.97. The van der Waals surface area contributed by atoms with Crippen LogP contribution >= 0.6 is 12.2 Å². The zero-order valence-electron chi connectivity index (χ0n) is 10.3. The van der Waals surface area contributed by atoms with Gasteiger partial charge in [-0.2, -0.15) is 0 Å². The van der Waals surface area contributed by atoms with Gasteiger partial charge in [0.25, 0.3) is 11.8 Å². The summed E-state index contributed by atoms with van der Waals surface area (Å²) in [6, 6.07) is 3.44. The van der Waals surface area contributed by atoms with E-state index in [1.165, 1.54) is 17.1 Å². The van der Waals surface area contributed by atoms with Crippen molar-refractivity contribution in [2.75, 3.05) is 6.54 Å². The van der Waals surface area contributed by atoms with Gasteiger partial charge in [0.1, 0.15) is 17.1 Å². The molecular formula is C13H12N2O3S. The van der Waals surface area contributed by atoms with Crippen LogP contribution in [0.1, 0.15) is 11.5 Å². The molecule has 2 amide bonds. The van der Waals surface area contributed by atoms with Crippen LogP contribution in [0, 0.1) is 6.92 Å². The molecule has 2 rings (SSSR count). The highest BCUT2D eigenvalue weighted by atomic mass is 32.1. The molecule has 0 saturated carbocycles. The Labute approximate surface area is 115 Å². The number of nitrogens with zero attached hydrogens (tertiary/aromatic N) is 1. The first-order chi connectivity index (χ1) is 9.02. The molecule has 1 aromatic heterocycles. The van der Waals surface area contributed by atoms with Crippen LogP contribution in [0.25, 0.3) is 6.08 Å². The smallest absolute Gasteiger partial charge is 0.266 e. The largest absolute Gasteiger partial charge is 0.462 e. The van der Waals surface area contributed by atoms with Crippen LogP contribution in [0.2, 0.25) is 0 Å². The molecule has 0 atom stereocenters. The first-order valence-electron chi connectivity index (χ1n) is 5.59. The lowest BCUT2D eigenvalue weighted by Gasteiger charge is -2.27. The molecule has 1 N–H and O–H groups in total. The number of carbonyl (C=O) groups is 2. The number of rotatable bonds is 3. The SMILES string of the molecule is C=CCN1C(=O)/C(=C\c2ccc(C)o2)C(=O)NC1=S. The van der Waals surface area contributed by atoms with Crippen LogP contribution in [0.5, 0.6) is 0 Å². The molecule has 2 heterocycles. The summed E-state index contributed by atoms with van der Waals surface area (Å²) in [5, 5.41) is 2.55. The van der Waals surface area contributed by atoms with E-state index in [0.717, 1.165) is 0 Å². The summed E-state index contributed by atoms with van der Waals surface area (Å²) in [6.07, 6.45) is 2.94. The maximum Gasteiger partial charge on any atom is 0.266 e. The Balaban J connectivity index is 2.35. The number of hydrogen-bond donors (Lipinski definition) is 1. The van der Waals surface area contributed by atoms with Gasteiger partial charge in [-0.15, -0.1) is 6.58 Å². The maximum atomic E-state index is 12.2. The first-order valence-corrected chi connectivity index (χ1v) is 6.00. The van der Waals surface area contributed by atoms with Crippen LogP contribution in [-0.2, 0) is 9.59 Å². The Bertz CT molecular complexity index is 601. The minimum absolute atomic E-state index is 0.00944. The second-order valence-corrected chi connectivity index (χ2v) is 4.36. The quantitative estimate of drug-likeness (QED) is 0.392. The predicted octanol–water partition coefficient (Wildman–Crippen LogP) is 1.40. The van der Waals surface area contributed by atoms with E-state index in [-0.39, 0.29) is 17.2 Å². The molecule has 6 heteroatoms. The van der Waals surface area contributed by atoms with Gasteiger partial charge >= 0.3 is 0 Å². The highest BCUT2D eigenvalue weighted by Crippen LogP contribution is 2.16. The molecule has 1 aromatic rings. The van der Waals surface area contributed by atoms with Crippen molar-refractivity contribution in [2.24, 2.45) is 0 Å². The minimum Gasteiger partial charge on any atom is -0.462 e. The fourth-order valence-electron chi connectivity index (χ4n) is 1.66. The average Bonchev–Trinajstić information content (AvgIpc) is 2.76. The lowest BCUT2D eigenvalue weighted by Crippen LogP contribution is -2.53. The van der Waals surface area contributed by atoms with Gasteiger partial charge in [0, 0.05) is 6.54 Å². The third-order valence-corrected chi connectivity index (χ3v) is 2.87. The standard InChI is InChI=1S/C13H12N2O3S/c1-3-6-15-12(17)10(11(16)14-13(15)19)7-9-5-4-8(2)18-9/h3-5,7H,1,6H2,2H3,(H,14,16,19)/b10-7-. The summed E-state index contributed by atoms with van der Waals surface area (Å²) in [6.45, 7) is 5.58. The molecule has 0 spiro atoms. The summed E-state index contributed by atoms with van der Waals surface area (Å²) in [5.41, 5.74) is -0.00944. The van der Waals surface area contributed by atoms with Crippen molar-refractivity contribution in [3.63, 3.8) is 0 Å². The second kappa shape index (κ2) is 5.19. The van der Waals surface area contributed by atoms with Crippen molar-refractivity contribution in [1.82, 2.24) is 10.2 Å². The van der Waals surface area contributed by atoms with Gasteiger partial charge in [-0.1, -0.05) is 6.08 Å². The van der Waals surface area contributed by atoms with E-state index in [9.17, 15) is 9.59 Å². The van der Waals surface area contributed by atoms with E-state index in [2.05, 4.69) is 11.9 Å². The van der Waals surface area contributed by atoms with Crippen LogP contribution in [0.3, 0.4) is 0 Å². The fourth-order valence-corrected chi connectivity index (χ4v) is 1.91. The molecule has 1 aliphatic rings. The summed E-state index contributed by atoms with van der Waals surface area (Å²) < 4.78 is 5.32. The van der Waals surface area contributed by atoms with Crippen molar-refractivity contribution in [1.29, 1.82) is 0 Å². The number of amides is 2. The molecule has 0 radical (unpaired) electrons. The maximum absolute atomic E-state index is 12.2. The van der Waals surface area contributed by atoms with Crippen LogP contribution < -0.4 is 5.32 Å². The van der Waals surface area contributed by atoms with E-state index < -0.39 is 11.8 Å². The molecule has 0 aromatic carbocycles. The topological polar surface area (TPSA) is 62.6 Å². The number of furan rings is 1. The van der Waals surface area contributed by atoms with Gasteiger partial charge in [-0.25, -0.2) is 0 Å². The lowest BCUT2D eigenvalue weighted by atomic mass is 10.1. The van der Waals surface area contributed by atoms with Crippen LogP contribution in [0.15, 0.2) is 34.8 Å². The van der Waals surface area contributed by atoms with Crippen molar-refractivity contribution < 1.29 is 14.0 Å². The molecule has 0 bridgehead atoms. The highest BCUT2D eigenvalue weighted by Gasteiger charge is 2.32. The Morgan fingerprint density at radius 3 is 2.79 bits per heavy atom. The molecule has 1 aliphatic heterocycles. The normalized spacial score (nSPS) is 17.8. The Kier molecular flexibility index (Phi) is 3.62. The summed E-state index contributed by atoms with van der Waals surface area (Å²) >= 11 is 4.94. The van der Waals surface area contributed by atoms with Crippen molar-refractivity contribution in [3.05, 3.63) is 41.9 Å². The third kappa shape index (κ3) is 2.63. The number of nitrogens with one attached hydrogen (secondary N) is 1. The Morgan fingerprint density at radius 2 is 2.21 bits per heavy atom. The zero-order chi connectivity index (χ0) is 14.0. The monoisotopic (exact) mass is 276 g/mol. The van der Waals surface area contributed by atoms with E-state index >= 15 is 0 Å². The summed E-state index contributed by atoms with van der Waals surface area (Å²) in [5.74, 6) is 0.170. The van der Waals surface area contributed by atoms with Gasteiger partial charge in [0.15, 0.2) is 5.11 Å². The molecule has 0 unspecified atom stereocenters. The van der Waals surface area contributed by atoms with Gasteiger partial charge < -0.3 is 4.42 Å². The van der Waals surface area contributed by atoms with Crippen molar-refractivity contribution in [2.45, 2.75) is 6.92 Å². The molecular weight excluding hydrogens is 264 g/mol. The van der Waals surface area contributed by atoms with Crippen LogP contribution in [-0.4, -0.2) is 28.4 Å². The van der Waals surface area contributed by atoms with Crippen LogP contribution in [0.4, 0.5) is 0 Å². The van der Waals surface area contributed by atoms with Gasteiger partial charge in [-0.05, 0) is 37.4 Å². The molecule has 19 heavy (non-hydrogen) atoms. The highest BCUT2D eigenvalue weighted by molar-refractivity contribution is 7.80. The van der Waals surface area contributed by atoms with Crippen molar-refractivity contribution >= 4 is 35.2 Å². The average molecular weight is 276 g/mol. The van der Waals surface area contributed by atoms with Gasteiger partial charge in [0.05, 0.1) is 0 Å². The first kappa shape index (κ1) is 13.2. The predicted molar refractivity (Wildman–Crippen MR) is 74.1 cm³/mol. The van der Waals surface area contributed by atoms with Gasteiger partial charge in [-0.3, -0.25) is 19.8 Å². The minimum atomic E-state index is -0.524. The number of thiocarbonyl (C=S) groups is 1. The molecule has 0 aliphatic carbocycles. The number of carbonyl (C=O) groups excluding carboxylic acids is 2. The summed E-state index contributed by atoms with van der Waals surface area (Å²) in [4.78, 5) is 25.2. The Morgan fingerprint density at radius 1 is 1.47 bits per heavy atom. The Hall–Kier alpha value is -2.21. The summed E-state index contributed by atoms with van der Waals surface area (Å²) in [7, 11) is 0. The molecule has 1 saturated heterocycles. The number of hydrogen-bond acceptors (Lipinski definition) is 4. The molecule has 1 fully saturated rings. The third-order valence-electron chi connectivity index (χ3n) is 2.55. The number of aryl methyl sites for hydroxylation is 1. The molecule has 98 valence electrons. The fraction of sp³-hybridized carbons (Fsp3) is 0.154. The zero-order valence-corrected chi connectivity index (χ0v) is 11.1. The van der Waals surface area contributed by atoms with E-state index in [1.54, 1.807) is 19.1 Å².